The van der Waals surface area contributed by atoms with Crippen molar-refractivity contribution in [3.8, 4) is 5.88 Å². The molecule has 0 aliphatic carbocycles. The molecule has 0 unspecified atom stereocenters. The van der Waals surface area contributed by atoms with Gasteiger partial charge in [-0.3, -0.25) is 4.79 Å². The molecule has 1 aliphatic rings. The van der Waals surface area contributed by atoms with E-state index in [0.717, 1.165) is 12.0 Å². The van der Waals surface area contributed by atoms with Crippen molar-refractivity contribution in [1.82, 2.24) is 4.98 Å². The lowest BCUT2D eigenvalue weighted by Crippen LogP contribution is -2.30. The number of hydrogen-bond donors (Lipinski definition) is 0. The zero-order valence-electron chi connectivity index (χ0n) is 11.7. The molecule has 108 valence electrons. The summed E-state index contributed by atoms with van der Waals surface area (Å²) in [5, 5.41) is 0. The molecule has 1 aromatic heterocycles. The van der Waals surface area contributed by atoms with E-state index >= 15 is 0 Å². The number of pyridine rings is 1. The van der Waals surface area contributed by atoms with Gasteiger partial charge in [0, 0.05) is 18.3 Å². The van der Waals surface area contributed by atoms with Crippen LogP contribution >= 0.6 is 0 Å². The highest BCUT2D eigenvalue weighted by molar-refractivity contribution is 5.96. The number of halogens is 1. The third-order valence-electron chi connectivity index (χ3n) is 3.57. The lowest BCUT2D eigenvalue weighted by molar-refractivity contribution is -0.117. The molecule has 1 amide bonds. The van der Waals surface area contributed by atoms with Crippen LogP contribution in [0.15, 0.2) is 36.4 Å². The Labute approximate surface area is 122 Å². The second-order valence-electron chi connectivity index (χ2n) is 4.92. The normalized spacial score (nSPS) is 13.1. The molecule has 0 N–H and O–H groups in total. The van der Waals surface area contributed by atoms with Gasteiger partial charge in [0.15, 0.2) is 0 Å². The van der Waals surface area contributed by atoms with E-state index in [1.807, 2.05) is 0 Å². The summed E-state index contributed by atoms with van der Waals surface area (Å²) in [5.41, 5.74) is 2.32. The molecule has 21 heavy (non-hydrogen) atoms. The van der Waals surface area contributed by atoms with E-state index in [9.17, 15) is 9.18 Å². The lowest BCUT2D eigenvalue weighted by atomic mass is 10.1. The first kappa shape index (κ1) is 13.5. The fourth-order valence-electron chi connectivity index (χ4n) is 2.53. The van der Waals surface area contributed by atoms with E-state index in [4.69, 9.17) is 4.74 Å². The van der Waals surface area contributed by atoms with Crippen molar-refractivity contribution in [2.75, 3.05) is 18.6 Å². The van der Waals surface area contributed by atoms with E-state index < -0.39 is 0 Å². The van der Waals surface area contributed by atoms with Crippen LogP contribution in [0.4, 0.5) is 10.1 Å². The molecule has 0 saturated heterocycles. The third kappa shape index (κ3) is 2.72. The van der Waals surface area contributed by atoms with Crippen molar-refractivity contribution < 1.29 is 13.9 Å². The molecule has 2 heterocycles. The van der Waals surface area contributed by atoms with Crippen LogP contribution in [0.3, 0.4) is 0 Å². The van der Waals surface area contributed by atoms with Crippen molar-refractivity contribution in [3.05, 3.63) is 53.5 Å². The maximum Gasteiger partial charge on any atom is 0.233 e. The maximum atomic E-state index is 13.4. The molecular formula is C16H15FN2O2. The van der Waals surface area contributed by atoms with Gasteiger partial charge in [0.2, 0.25) is 11.8 Å². The van der Waals surface area contributed by atoms with Crippen molar-refractivity contribution >= 4 is 11.6 Å². The maximum absolute atomic E-state index is 13.4. The van der Waals surface area contributed by atoms with Crippen LogP contribution in [-0.4, -0.2) is 24.5 Å². The van der Waals surface area contributed by atoms with Crippen LogP contribution in [0.1, 0.15) is 11.3 Å². The summed E-state index contributed by atoms with van der Waals surface area (Å²) < 4.78 is 18.4. The fourth-order valence-corrected chi connectivity index (χ4v) is 2.53. The van der Waals surface area contributed by atoms with Crippen molar-refractivity contribution in [2.45, 2.75) is 12.8 Å². The van der Waals surface area contributed by atoms with Gasteiger partial charge in [-0.2, -0.15) is 0 Å². The average Bonchev–Trinajstić information content (AvgIpc) is 2.90. The topological polar surface area (TPSA) is 42.4 Å². The number of amides is 1. The van der Waals surface area contributed by atoms with Crippen molar-refractivity contribution in [2.24, 2.45) is 0 Å². The molecule has 4 nitrogen and oxygen atoms in total. The highest BCUT2D eigenvalue weighted by Gasteiger charge is 2.25. The number of aromatic nitrogens is 1. The lowest BCUT2D eigenvalue weighted by Gasteiger charge is -2.17. The molecule has 2 aromatic rings. The summed E-state index contributed by atoms with van der Waals surface area (Å²) >= 11 is 0. The molecular weight excluding hydrogens is 271 g/mol. The zero-order valence-corrected chi connectivity index (χ0v) is 11.7. The van der Waals surface area contributed by atoms with Crippen LogP contribution in [-0.2, 0) is 17.6 Å². The number of benzene rings is 1. The first-order chi connectivity index (χ1) is 10.2. The number of ether oxygens (including phenoxy) is 1. The van der Waals surface area contributed by atoms with E-state index in [1.54, 1.807) is 29.2 Å². The van der Waals surface area contributed by atoms with Crippen LogP contribution < -0.4 is 9.64 Å². The summed E-state index contributed by atoms with van der Waals surface area (Å²) in [6.45, 7) is 0.585. The number of rotatable bonds is 3. The highest BCUT2D eigenvalue weighted by atomic mass is 19.1. The van der Waals surface area contributed by atoms with Crippen LogP contribution in [0.5, 0.6) is 5.88 Å². The number of nitrogens with zero attached hydrogens (tertiary/aromatic N) is 2. The monoisotopic (exact) mass is 286 g/mol. The van der Waals surface area contributed by atoms with Crippen molar-refractivity contribution in [3.63, 3.8) is 0 Å². The molecule has 0 spiro atoms. The Morgan fingerprint density at radius 3 is 3.05 bits per heavy atom. The predicted octanol–water partition coefficient (Wildman–Crippen LogP) is 2.36. The van der Waals surface area contributed by atoms with Crippen LogP contribution in [0.25, 0.3) is 0 Å². The Balaban J connectivity index is 1.80. The summed E-state index contributed by atoms with van der Waals surface area (Å²) in [4.78, 5) is 18.3. The Hall–Kier alpha value is -2.43. The summed E-state index contributed by atoms with van der Waals surface area (Å²) in [5.74, 6) is 0.0706. The zero-order chi connectivity index (χ0) is 14.8. The van der Waals surface area contributed by atoms with Gasteiger partial charge in [-0.25, -0.2) is 9.37 Å². The van der Waals surface area contributed by atoms with Gasteiger partial charge >= 0.3 is 0 Å². The smallest absolute Gasteiger partial charge is 0.233 e. The minimum atomic E-state index is -0.326. The molecule has 1 aromatic carbocycles. The number of carbonyl (C=O) groups is 1. The Morgan fingerprint density at radius 2 is 2.24 bits per heavy atom. The van der Waals surface area contributed by atoms with E-state index in [1.165, 1.54) is 19.2 Å². The molecule has 0 fully saturated rings. The number of methoxy groups -OCH3 is 1. The SMILES string of the molecule is COc1cccc(CC(=O)N2CCc3ccc(F)cc32)n1. The number of hydrogen-bond acceptors (Lipinski definition) is 3. The minimum absolute atomic E-state index is 0.0832. The standard InChI is InChI=1S/C16H15FN2O2/c1-21-15-4-2-3-13(18-15)10-16(20)19-8-7-11-5-6-12(17)9-14(11)19/h2-6,9H,7-8,10H2,1H3. The molecule has 3 rings (SSSR count). The fraction of sp³-hybridized carbons (Fsp3) is 0.250. The van der Waals surface area contributed by atoms with Gasteiger partial charge in [0.25, 0.3) is 0 Å². The molecule has 0 atom stereocenters. The Morgan fingerprint density at radius 1 is 1.38 bits per heavy atom. The molecule has 0 saturated carbocycles. The van der Waals surface area contributed by atoms with Gasteiger partial charge in [-0.1, -0.05) is 12.1 Å². The van der Waals surface area contributed by atoms with Gasteiger partial charge in [0.05, 0.1) is 19.2 Å². The average molecular weight is 286 g/mol. The van der Waals surface area contributed by atoms with Gasteiger partial charge in [-0.05, 0) is 30.2 Å². The van der Waals surface area contributed by atoms with Gasteiger partial charge in [-0.15, -0.1) is 0 Å². The summed E-state index contributed by atoms with van der Waals surface area (Å²) in [7, 11) is 1.54. The Bertz CT molecular complexity index is 688. The molecule has 0 bridgehead atoms. The first-order valence-corrected chi connectivity index (χ1v) is 6.76. The highest BCUT2D eigenvalue weighted by Crippen LogP contribution is 2.29. The van der Waals surface area contributed by atoms with E-state index in [0.29, 0.717) is 23.8 Å². The Kier molecular flexibility index (Phi) is 3.56. The van der Waals surface area contributed by atoms with Crippen LogP contribution in [0.2, 0.25) is 0 Å². The number of carbonyl (C=O) groups excluding carboxylic acids is 1. The molecule has 0 radical (unpaired) electrons. The van der Waals surface area contributed by atoms with E-state index in [2.05, 4.69) is 4.98 Å². The second-order valence-corrected chi connectivity index (χ2v) is 4.92. The summed E-state index contributed by atoms with van der Waals surface area (Å²) in [6, 6.07) is 9.89. The van der Waals surface area contributed by atoms with E-state index in [-0.39, 0.29) is 18.1 Å². The second kappa shape index (κ2) is 5.52. The summed E-state index contributed by atoms with van der Waals surface area (Å²) in [6.07, 6.45) is 0.931. The van der Waals surface area contributed by atoms with Gasteiger partial charge in [0.1, 0.15) is 5.82 Å². The largest absolute Gasteiger partial charge is 0.481 e. The minimum Gasteiger partial charge on any atom is -0.481 e. The number of fused-ring (bicyclic) bond motifs is 1. The third-order valence-corrected chi connectivity index (χ3v) is 3.57. The first-order valence-electron chi connectivity index (χ1n) is 6.76. The molecule has 5 heteroatoms. The van der Waals surface area contributed by atoms with Crippen molar-refractivity contribution in [1.29, 1.82) is 0 Å². The quantitative estimate of drug-likeness (QED) is 0.870. The number of anilines is 1. The van der Waals surface area contributed by atoms with Crippen LogP contribution in [0, 0.1) is 5.82 Å². The molecule has 1 aliphatic heterocycles. The van der Waals surface area contributed by atoms with Gasteiger partial charge < -0.3 is 9.64 Å². The predicted molar refractivity (Wildman–Crippen MR) is 77.0 cm³/mol.